The lowest BCUT2D eigenvalue weighted by Gasteiger charge is -2.25. The molecule has 1 heterocycles. The number of nitrogens with zero attached hydrogens (tertiary/aromatic N) is 2. The first-order valence-corrected chi connectivity index (χ1v) is 9.81. The first kappa shape index (κ1) is 21.0. The number of hydrogen-bond donors (Lipinski definition) is 1. The molecule has 0 radical (unpaired) electrons. The summed E-state index contributed by atoms with van der Waals surface area (Å²) in [5.74, 6) is -0.456. The molecule has 29 heavy (non-hydrogen) atoms. The molecule has 7 heteroatoms. The van der Waals surface area contributed by atoms with E-state index < -0.39 is 11.6 Å². The Morgan fingerprint density at radius 3 is 2.28 bits per heavy atom. The fourth-order valence-corrected chi connectivity index (χ4v) is 3.53. The van der Waals surface area contributed by atoms with Gasteiger partial charge in [-0.1, -0.05) is 23.7 Å². The number of halogens is 1. The summed E-state index contributed by atoms with van der Waals surface area (Å²) in [5, 5.41) is 9.95. The number of amides is 2. The fourth-order valence-electron chi connectivity index (χ4n) is 3.40. The minimum absolute atomic E-state index is 0.0463. The van der Waals surface area contributed by atoms with Gasteiger partial charge in [0.2, 0.25) is 0 Å². The van der Waals surface area contributed by atoms with E-state index in [2.05, 4.69) is 0 Å². The van der Waals surface area contributed by atoms with Crippen LogP contribution < -0.4 is 9.64 Å². The second-order valence-electron chi connectivity index (χ2n) is 7.81. The lowest BCUT2D eigenvalue weighted by atomic mass is 10.0. The van der Waals surface area contributed by atoms with Crippen LogP contribution in [-0.4, -0.2) is 40.7 Å². The number of hydrogen-bond acceptors (Lipinski definition) is 3. The van der Waals surface area contributed by atoms with E-state index in [0.29, 0.717) is 30.4 Å². The molecule has 1 saturated heterocycles. The van der Waals surface area contributed by atoms with Crippen molar-refractivity contribution in [3.8, 4) is 5.75 Å². The second kappa shape index (κ2) is 7.95. The van der Waals surface area contributed by atoms with Crippen molar-refractivity contribution in [2.45, 2.75) is 39.8 Å². The lowest BCUT2D eigenvalue weighted by Crippen LogP contribution is -2.38. The molecule has 0 unspecified atom stereocenters. The van der Waals surface area contributed by atoms with Gasteiger partial charge in [0.05, 0.1) is 0 Å². The summed E-state index contributed by atoms with van der Waals surface area (Å²) in [7, 11) is 0. The number of urea groups is 1. The summed E-state index contributed by atoms with van der Waals surface area (Å²) in [4.78, 5) is 27.7. The third-order valence-electron chi connectivity index (χ3n) is 5.00. The van der Waals surface area contributed by atoms with Crippen molar-refractivity contribution in [3.63, 3.8) is 0 Å². The number of anilines is 1. The molecule has 2 aromatic carbocycles. The van der Waals surface area contributed by atoms with Crippen molar-refractivity contribution in [2.75, 3.05) is 18.0 Å². The molecule has 2 amide bonds. The Kier molecular flexibility index (Phi) is 5.75. The number of aliphatic carboxylic acids is 1. The Morgan fingerprint density at radius 1 is 1.14 bits per heavy atom. The number of benzene rings is 2. The van der Waals surface area contributed by atoms with Crippen LogP contribution in [0, 0.1) is 13.8 Å². The van der Waals surface area contributed by atoms with Gasteiger partial charge in [-0.2, -0.15) is 0 Å². The smallest absolute Gasteiger partial charge is 0.347 e. The fraction of sp³-hybridized carbons (Fsp3) is 0.364. The summed E-state index contributed by atoms with van der Waals surface area (Å²) in [5.41, 5.74) is 2.17. The summed E-state index contributed by atoms with van der Waals surface area (Å²) >= 11 is 5.93. The van der Waals surface area contributed by atoms with Gasteiger partial charge in [0.25, 0.3) is 0 Å². The highest BCUT2D eigenvalue weighted by Gasteiger charge is 2.32. The van der Waals surface area contributed by atoms with E-state index >= 15 is 0 Å². The van der Waals surface area contributed by atoms with Crippen LogP contribution in [-0.2, 0) is 11.3 Å². The van der Waals surface area contributed by atoms with Crippen molar-refractivity contribution in [1.29, 1.82) is 0 Å². The van der Waals surface area contributed by atoms with Gasteiger partial charge in [0.15, 0.2) is 5.60 Å². The molecule has 1 aliphatic rings. The van der Waals surface area contributed by atoms with Crippen molar-refractivity contribution in [2.24, 2.45) is 0 Å². The highest BCUT2D eigenvalue weighted by molar-refractivity contribution is 6.30. The van der Waals surface area contributed by atoms with Crippen LogP contribution in [0.4, 0.5) is 10.5 Å². The predicted octanol–water partition coefficient (Wildman–Crippen LogP) is 4.64. The number of carboxylic acids is 1. The van der Waals surface area contributed by atoms with Crippen LogP contribution in [0.3, 0.4) is 0 Å². The van der Waals surface area contributed by atoms with E-state index in [9.17, 15) is 14.7 Å². The molecule has 6 nitrogen and oxygen atoms in total. The Labute approximate surface area is 175 Å². The van der Waals surface area contributed by atoms with Crippen molar-refractivity contribution in [1.82, 2.24) is 4.90 Å². The van der Waals surface area contributed by atoms with Crippen LogP contribution in [0.2, 0.25) is 5.02 Å². The summed E-state index contributed by atoms with van der Waals surface area (Å²) in [6.45, 7) is 8.54. The van der Waals surface area contributed by atoms with E-state index in [1.807, 2.05) is 38.1 Å². The number of carbonyl (C=O) groups excluding carboxylic acids is 1. The monoisotopic (exact) mass is 416 g/mol. The first-order chi connectivity index (χ1) is 13.6. The molecule has 0 bridgehead atoms. The molecule has 0 aliphatic carbocycles. The number of carbonyl (C=O) groups is 2. The van der Waals surface area contributed by atoms with E-state index in [1.165, 1.54) is 13.8 Å². The molecule has 3 rings (SSSR count). The molecule has 0 atom stereocenters. The maximum atomic E-state index is 12.8. The van der Waals surface area contributed by atoms with Gasteiger partial charge in [0.1, 0.15) is 5.75 Å². The first-order valence-electron chi connectivity index (χ1n) is 9.43. The minimum Gasteiger partial charge on any atom is -0.478 e. The highest BCUT2D eigenvalue weighted by atomic mass is 35.5. The molecule has 0 saturated carbocycles. The summed E-state index contributed by atoms with van der Waals surface area (Å²) in [6, 6.07) is 11.1. The van der Waals surface area contributed by atoms with E-state index in [1.54, 1.807) is 21.9 Å². The number of ether oxygens (including phenoxy) is 1. The number of aryl methyl sites for hydroxylation is 2. The number of carboxylic acid groups (broad SMARTS) is 1. The topological polar surface area (TPSA) is 70.1 Å². The standard InChI is InChI=1S/C22H25ClN2O4/c1-14-11-16(12-15(2)19(14)29-22(3,4)20(26)27)13-24-9-10-25(21(24)28)18-7-5-17(23)6-8-18/h5-8,11-12H,9-10,13H2,1-4H3,(H,26,27). The zero-order chi connectivity index (χ0) is 21.3. The molecule has 1 N–H and O–H groups in total. The molecule has 0 aromatic heterocycles. The average molecular weight is 417 g/mol. The quantitative estimate of drug-likeness (QED) is 0.744. The van der Waals surface area contributed by atoms with E-state index in [4.69, 9.17) is 16.3 Å². The van der Waals surface area contributed by atoms with Crippen LogP contribution in [0.5, 0.6) is 5.75 Å². The van der Waals surface area contributed by atoms with Gasteiger partial charge < -0.3 is 14.7 Å². The van der Waals surface area contributed by atoms with Crippen LogP contribution >= 0.6 is 11.6 Å². The summed E-state index contributed by atoms with van der Waals surface area (Å²) in [6.07, 6.45) is 0. The largest absolute Gasteiger partial charge is 0.478 e. The zero-order valence-electron chi connectivity index (χ0n) is 17.0. The highest BCUT2D eigenvalue weighted by Crippen LogP contribution is 2.30. The maximum absolute atomic E-state index is 12.8. The third-order valence-corrected chi connectivity index (χ3v) is 5.25. The summed E-state index contributed by atoms with van der Waals surface area (Å²) < 4.78 is 5.76. The Morgan fingerprint density at radius 2 is 1.72 bits per heavy atom. The molecular weight excluding hydrogens is 392 g/mol. The van der Waals surface area contributed by atoms with Crippen LogP contribution in [0.15, 0.2) is 36.4 Å². The van der Waals surface area contributed by atoms with Crippen LogP contribution in [0.1, 0.15) is 30.5 Å². The van der Waals surface area contributed by atoms with Gasteiger partial charge in [0, 0.05) is 30.3 Å². The van der Waals surface area contributed by atoms with E-state index in [0.717, 1.165) is 22.4 Å². The van der Waals surface area contributed by atoms with Gasteiger partial charge in [-0.25, -0.2) is 9.59 Å². The van der Waals surface area contributed by atoms with Crippen molar-refractivity contribution < 1.29 is 19.4 Å². The predicted molar refractivity (Wildman–Crippen MR) is 113 cm³/mol. The molecular formula is C22H25ClN2O4. The lowest BCUT2D eigenvalue weighted by molar-refractivity contribution is -0.152. The molecule has 1 fully saturated rings. The van der Waals surface area contributed by atoms with Gasteiger partial charge in [-0.05, 0) is 68.7 Å². The third kappa shape index (κ3) is 4.48. The molecule has 1 aliphatic heterocycles. The Balaban J connectivity index is 1.75. The van der Waals surface area contributed by atoms with Gasteiger partial charge in [-0.15, -0.1) is 0 Å². The SMILES string of the molecule is Cc1cc(CN2CCN(c3ccc(Cl)cc3)C2=O)cc(C)c1OC(C)(C)C(=O)O. The number of rotatable bonds is 6. The normalized spacial score (nSPS) is 14.4. The molecule has 154 valence electrons. The van der Waals surface area contributed by atoms with Crippen molar-refractivity contribution in [3.05, 3.63) is 58.1 Å². The average Bonchev–Trinajstić information content (AvgIpc) is 2.99. The molecule has 2 aromatic rings. The molecule has 0 spiro atoms. The van der Waals surface area contributed by atoms with Gasteiger partial charge >= 0.3 is 12.0 Å². The second-order valence-corrected chi connectivity index (χ2v) is 8.24. The van der Waals surface area contributed by atoms with E-state index in [-0.39, 0.29) is 6.03 Å². The van der Waals surface area contributed by atoms with Crippen LogP contribution in [0.25, 0.3) is 0 Å². The van der Waals surface area contributed by atoms with Gasteiger partial charge in [-0.3, -0.25) is 4.90 Å². The Hall–Kier alpha value is -2.73. The Bertz CT molecular complexity index is 917. The van der Waals surface area contributed by atoms with Crippen molar-refractivity contribution >= 4 is 29.3 Å². The zero-order valence-corrected chi connectivity index (χ0v) is 17.8. The maximum Gasteiger partial charge on any atom is 0.347 e. The minimum atomic E-state index is -1.32.